The van der Waals surface area contributed by atoms with Crippen LogP contribution in [-0.4, -0.2) is 42.6 Å². The van der Waals surface area contributed by atoms with Crippen molar-refractivity contribution in [3.8, 4) is 5.75 Å². The van der Waals surface area contributed by atoms with Crippen LogP contribution in [0.3, 0.4) is 0 Å². The maximum atomic E-state index is 12.4. The van der Waals surface area contributed by atoms with E-state index in [9.17, 15) is 9.59 Å². The summed E-state index contributed by atoms with van der Waals surface area (Å²) in [6.45, 7) is 7.32. The van der Waals surface area contributed by atoms with Crippen LogP contribution in [0.25, 0.3) is 10.1 Å². The number of carbonyl (C=O) groups is 2. The third kappa shape index (κ3) is 4.08. The number of esters is 1. The first-order valence-electron chi connectivity index (χ1n) is 8.11. The van der Waals surface area contributed by atoms with E-state index in [0.29, 0.717) is 20.9 Å². The molecule has 0 saturated carbocycles. The number of ether oxygens (including phenoxy) is 2. The lowest BCUT2D eigenvalue weighted by molar-refractivity contribution is -0.138. The third-order valence-electron chi connectivity index (χ3n) is 3.83. The number of fused-ring (bicyclic) bond motifs is 1. The molecule has 1 aromatic carbocycles. The molecule has 0 N–H and O–H groups in total. The van der Waals surface area contributed by atoms with Crippen LogP contribution in [0.1, 0.15) is 37.4 Å². The molecule has 26 heavy (non-hydrogen) atoms. The van der Waals surface area contributed by atoms with Crippen molar-refractivity contribution in [1.29, 1.82) is 0 Å². The molecule has 0 atom stereocenters. The van der Waals surface area contributed by atoms with E-state index in [-0.39, 0.29) is 34.5 Å². The molecule has 0 unspecified atom stereocenters. The number of halogens is 2. The Morgan fingerprint density at radius 2 is 1.73 bits per heavy atom. The fourth-order valence-electron chi connectivity index (χ4n) is 2.81. The lowest BCUT2D eigenvalue weighted by atomic mass is 10.2. The summed E-state index contributed by atoms with van der Waals surface area (Å²) < 4.78 is 11.0. The van der Waals surface area contributed by atoms with Gasteiger partial charge in [0.05, 0.1) is 16.8 Å². The minimum absolute atomic E-state index is 0.0142. The second-order valence-electron chi connectivity index (χ2n) is 6.27. The number of carbonyl (C=O) groups excluding carboxylic acids is 2. The van der Waals surface area contributed by atoms with Crippen molar-refractivity contribution in [2.75, 3.05) is 13.7 Å². The Morgan fingerprint density at radius 3 is 2.27 bits per heavy atom. The first-order chi connectivity index (χ1) is 12.2. The zero-order valence-corrected chi connectivity index (χ0v) is 17.6. The lowest BCUT2D eigenvalue weighted by Gasteiger charge is -2.30. The fraction of sp³-hybridized carbons (Fsp3) is 0.444. The first-order valence-corrected chi connectivity index (χ1v) is 9.69. The quantitative estimate of drug-likeness (QED) is 0.619. The Kier molecular flexibility index (Phi) is 6.77. The van der Waals surface area contributed by atoms with Crippen molar-refractivity contribution in [3.05, 3.63) is 27.1 Å². The van der Waals surface area contributed by atoms with Crippen LogP contribution in [0.5, 0.6) is 5.75 Å². The summed E-state index contributed by atoms with van der Waals surface area (Å²) in [5, 5.41) is 1.29. The van der Waals surface area contributed by atoms with Crippen LogP contribution >= 0.6 is 34.5 Å². The highest BCUT2D eigenvalue weighted by molar-refractivity contribution is 7.22. The molecule has 0 bridgehead atoms. The Morgan fingerprint density at radius 1 is 1.12 bits per heavy atom. The van der Waals surface area contributed by atoms with Gasteiger partial charge in [0.2, 0.25) is 0 Å². The summed E-state index contributed by atoms with van der Waals surface area (Å²) in [7, 11) is 1.51. The van der Waals surface area contributed by atoms with Gasteiger partial charge in [-0.05, 0) is 39.8 Å². The monoisotopic (exact) mass is 417 g/mol. The Labute approximate surface area is 166 Å². The molecule has 142 valence electrons. The van der Waals surface area contributed by atoms with Crippen LogP contribution < -0.4 is 4.74 Å². The van der Waals surface area contributed by atoms with Gasteiger partial charge in [-0.2, -0.15) is 0 Å². The van der Waals surface area contributed by atoms with Crippen LogP contribution in [0, 0.1) is 0 Å². The topological polar surface area (TPSA) is 55.8 Å². The minimum Gasteiger partial charge on any atom is -0.495 e. The molecule has 5 nitrogen and oxygen atoms in total. The average molecular weight is 418 g/mol. The smallest absolute Gasteiger partial charge is 0.350 e. The zero-order chi connectivity index (χ0) is 19.6. The van der Waals surface area contributed by atoms with Crippen molar-refractivity contribution < 1.29 is 19.1 Å². The van der Waals surface area contributed by atoms with Gasteiger partial charge < -0.3 is 14.4 Å². The molecule has 1 amide bonds. The number of methoxy groups -OCH3 is 1. The lowest BCUT2D eigenvalue weighted by Crippen LogP contribution is -2.44. The van der Waals surface area contributed by atoms with E-state index in [2.05, 4.69) is 0 Å². The molecule has 0 aliphatic heterocycles. The number of hydrogen-bond acceptors (Lipinski definition) is 5. The van der Waals surface area contributed by atoms with E-state index in [4.69, 9.17) is 32.7 Å². The van der Waals surface area contributed by atoms with Crippen molar-refractivity contribution >= 4 is 56.5 Å². The number of nitrogens with zero attached hydrogens (tertiary/aromatic N) is 1. The second kappa shape index (κ2) is 8.46. The summed E-state index contributed by atoms with van der Waals surface area (Å²) in [4.78, 5) is 26.6. The van der Waals surface area contributed by atoms with Gasteiger partial charge in [0.15, 0.2) is 6.61 Å². The first kappa shape index (κ1) is 20.8. The number of rotatable bonds is 6. The summed E-state index contributed by atoms with van der Waals surface area (Å²) in [6, 6.07) is 3.45. The van der Waals surface area contributed by atoms with Gasteiger partial charge in [-0.3, -0.25) is 4.79 Å². The molecule has 0 radical (unpaired) electrons. The predicted molar refractivity (Wildman–Crippen MR) is 106 cm³/mol. The van der Waals surface area contributed by atoms with E-state index >= 15 is 0 Å². The predicted octanol–water partition coefficient (Wildman–Crippen LogP) is 5.02. The van der Waals surface area contributed by atoms with Gasteiger partial charge in [0, 0.05) is 17.5 Å². The van der Waals surface area contributed by atoms with Crippen LogP contribution in [0.15, 0.2) is 12.1 Å². The summed E-state index contributed by atoms with van der Waals surface area (Å²) in [6.07, 6.45) is 0. The maximum absolute atomic E-state index is 12.4. The van der Waals surface area contributed by atoms with E-state index in [1.807, 2.05) is 27.7 Å². The van der Waals surface area contributed by atoms with Crippen LogP contribution in [-0.2, 0) is 9.53 Å². The molecule has 0 saturated heterocycles. The summed E-state index contributed by atoms with van der Waals surface area (Å²) in [5.74, 6) is -0.399. The van der Waals surface area contributed by atoms with Gasteiger partial charge in [-0.1, -0.05) is 23.2 Å². The van der Waals surface area contributed by atoms with E-state index in [1.54, 1.807) is 17.0 Å². The van der Waals surface area contributed by atoms with Crippen molar-refractivity contribution in [2.45, 2.75) is 39.8 Å². The van der Waals surface area contributed by atoms with Gasteiger partial charge in [0.1, 0.15) is 15.6 Å². The standard InChI is InChI=1S/C18H21Cl2NO4S/c1-9(2)21(10(3)4)13(22)8-25-18(23)17-14(19)11-6-7-12(24-5)15(20)16(11)26-17/h6-7,9-10H,8H2,1-5H3. The third-order valence-corrected chi connectivity index (χ3v) is 6.03. The summed E-state index contributed by atoms with van der Waals surface area (Å²) in [5.41, 5.74) is 0. The Hall–Kier alpha value is -1.50. The van der Waals surface area contributed by atoms with Crippen molar-refractivity contribution in [3.63, 3.8) is 0 Å². The molecule has 1 heterocycles. The molecular formula is C18H21Cl2NO4S. The normalized spacial score (nSPS) is 11.3. The van der Waals surface area contributed by atoms with Crippen LogP contribution in [0.2, 0.25) is 10.0 Å². The fourth-order valence-corrected chi connectivity index (χ4v) is 4.59. The second-order valence-corrected chi connectivity index (χ2v) is 8.04. The minimum atomic E-state index is -0.646. The van der Waals surface area contributed by atoms with Gasteiger partial charge in [-0.15, -0.1) is 11.3 Å². The van der Waals surface area contributed by atoms with Crippen molar-refractivity contribution in [1.82, 2.24) is 4.90 Å². The van der Waals surface area contributed by atoms with Crippen molar-refractivity contribution in [2.24, 2.45) is 0 Å². The SMILES string of the molecule is COc1ccc2c(Cl)c(C(=O)OCC(=O)N(C(C)C)C(C)C)sc2c1Cl. The largest absolute Gasteiger partial charge is 0.495 e. The molecular weight excluding hydrogens is 397 g/mol. The number of thiophene rings is 1. The number of benzene rings is 1. The van der Waals surface area contributed by atoms with E-state index in [1.165, 1.54) is 7.11 Å². The molecule has 0 aliphatic rings. The Bertz CT molecular complexity index is 824. The van der Waals surface area contributed by atoms with Gasteiger partial charge in [0.25, 0.3) is 5.91 Å². The molecule has 8 heteroatoms. The highest BCUT2D eigenvalue weighted by Gasteiger charge is 2.25. The van der Waals surface area contributed by atoms with Gasteiger partial charge in [-0.25, -0.2) is 4.79 Å². The highest BCUT2D eigenvalue weighted by Crippen LogP contribution is 2.43. The van der Waals surface area contributed by atoms with E-state index < -0.39 is 5.97 Å². The summed E-state index contributed by atoms with van der Waals surface area (Å²) >= 11 is 13.7. The maximum Gasteiger partial charge on any atom is 0.350 e. The zero-order valence-electron chi connectivity index (χ0n) is 15.3. The number of amides is 1. The molecule has 1 aromatic heterocycles. The number of hydrogen-bond donors (Lipinski definition) is 0. The Balaban J connectivity index is 2.21. The highest BCUT2D eigenvalue weighted by atomic mass is 35.5. The molecule has 0 aliphatic carbocycles. The van der Waals surface area contributed by atoms with E-state index in [0.717, 1.165) is 11.3 Å². The van der Waals surface area contributed by atoms with Crippen LogP contribution in [0.4, 0.5) is 0 Å². The van der Waals surface area contributed by atoms with Gasteiger partial charge >= 0.3 is 5.97 Å². The molecule has 0 spiro atoms. The molecule has 2 aromatic rings. The molecule has 2 rings (SSSR count). The average Bonchev–Trinajstić information content (AvgIpc) is 2.90. The molecule has 0 fully saturated rings.